The number of hydrogen-bond acceptors (Lipinski definition) is 4. The third-order valence-electron chi connectivity index (χ3n) is 3.60. The van der Waals surface area contributed by atoms with E-state index in [0.29, 0.717) is 33.2 Å². The molecule has 1 aromatic heterocycles. The molecule has 1 atom stereocenters. The number of aromatic nitrogens is 2. The van der Waals surface area contributed by atoms with E-state index < -0.39 is 0 Å². The lowest BCUT2D eigenvalue weighted by atomic mass is 10.2. The number of aromatic amines is 1. The van der Waals surface area contributed by atoms with Crippen molar-refractivity contribution in [2.45, 2.75) is 23.8 Å². The van der Waals surface area contributed by atoms with Gasteiger partial charge in [0.2, 0.25) is 5.91 Å². The molecule has 0 aliphatic rings. The van der Waals surface area contributed by atoms with E-state index in [1.54, 1.807) is 42.5 Å². The number of nitrogens with zero attached hydrogens (tertiary/aromatic N) is 1. The Hall–Kier alpha value is -2.31. The predicted molar refractivity (Wildman–Crippen MR) is 102 cm³/mol. The molecule has 0 radical (unpaired) electrons. The van der Waals surface area contributed by atoms with E-state index >= 15 is 0 Å². The number of halogens is 1. The summed E-state index contributed by atoms with van der Waals surface area (Å²) < 4.78 is 0. The van der Waals surface area contributed by atoms with Gasteiger partial charge in [-0.25, -0.2) is 4.98 Å². The molecule has 3 rings (SSSR count). The van der Waals surface area contributed by atoms with Gasteiger partial charge < -0.3 is 10.3 Å². The maximum atomic E-state index is 12.5. The first kappa shape index (κ1) is 17.5. The standard InChI is InChI=1S/C18H16ClN3O2S/c1-2-15(17(24)20-12-7-5-6-11(19)10-12)25-18-21-14-9-4-3-8-13(14)16(23)22-18/h3-10,15H,2H2,1H3,(H,20,24)(H,21,22,23). The minimum absolute atomic E-state index is 0.162. The van der Waals surface area contributed by atoms with Gasteiger partial charge in [-0.15, -0.1) is 0 Å². The Morgan fingerprint density at radius 3 is 2.84 bits per heavy atom. The van der Waals surface area contributed by atoms with Crippen LogP contribution in [0.3, 0.4) is 0 Å². The van der Waals surface area contributed by atoms with Crippen LogP contribution >= 0.6 is 23.4 Å². The van der Waals surface area contributed by atoms with Crippen molar-refractivity contribution in [2.24, 2.45) is 0 Å². The van der Waals surface area contributed by atoms with Gasteiger partial charge in [-0.1, -0.05) is 48.5 Å². The van der Waals surface area contributed by atoms with Crippen molar-refractivity contribution < 1.29 is 4.79 Å². The second kappa shape index (κ2) is 7.72. The zero-order chi connectivity index (χ0) is 17.8. The lowest BCUT2D eigenvalue weighted by Gasteiger charge is -2.14. The van der Waals surface area contributed by atoms with E-state index in [0.717, 1.165) is 0 Å². The number of carbonyl (C=O) groups is 1. The molecule has 2 aromatic carbocycles. The molecule has 0 saturated heterocycles. The average Bonchev–Trinajstić information content (AvgIpc) is 2.59. The molecule has 7 heteroatoms. The summed E-state index contributed by atoms with van der Waals surface area (Å²) in [6.45, 7) is 1.91. The molecule has 25 heavy (non-hydrogen) atoms. The largest absolute Gasteiger partial charge is 0.325 e. The number of thioether (sulfide) groups is 1. The third-order valence-corrected chi connectivity index (χ3v) is 5.08. The summed E-state index contributed by atoms with van der Waals surface area (Å²) in [6.07, 6.45) is 0.591. The van der Waals surface area contributed by atoms with Gasteiger partial charge in [-0.3, -0.25) is 9.59 Å². The second-order valence-electron chi connectivity index (χ2n) is 5.40. The van der Waals surface area contributed by atoms with E-state index in [1.807, 2.05) is 13.0 Å². The molecule has 0 aliphatic heterocycles. The highest BCUT2D eigenvalue weighted by molar-refractivity contribution is 8.00. The second-order valence-corrected chi connectivity index (χ2v) is 7.03. The summed E-state index contributed by atoms with van der Waals surface area (Å²) in [4.78, 5) is 31.8. The summed E-state index contributed by atoms with van der Waals surface area (Å²) in [5.41, 5.74) is 1.04. The van der Waals surface area contributed by atoms with E-state index in [-0.39, 0.29) is 16.7 Å². The molecule has 1 amide bonds. The summed E-state index contributed by atoms with van der Waals surface area (Å²) in [5, 5.41) is 3.97. The Bertz CT molecular complexity index is 974. The molecule has 3 aromatic rings. The van der Waals surface area contributed by atoms with Gasteiger partial charge in [-0.05, 0) is 36.8 Å². The molecule has 128 valence electrons. The first-order valence-electron chi connectivity index (χ1n) is 7.79. The van der Waals surface area contributed by atoms with Crippen molar-refractivity contribution in [3.8, 4) is 0 Å². The highest BCUT2D eigenvalue weighted by Crippen LogP contribution is 2.24. The van der Waals surface area contributed by atoms with Crippen LogP contribution in [0.2, 0.25) is 5.02 Å². The molecular formula is C18H16ClN3O2S. The fourth-order valence-electron chi connectivity index (χ4n) is 2.37. The van der Waals surface area contributed by atoms with Gasteiger partial charge in [0.15, 0.2) is 5.16 Å². The number of carbonyl (C=O) groups excluding carboxylic acids is 1. The Morgan fingerprint density at radius 1 is 1.28 bits per heavy atom. The number of anilines is 1. The van der Waals surface area contributed by atoms with Gasteiger partial charge in [-0.2, -0.15) is 0 Å². The molecule has 1 heterocycles. The van der Waals surface area contributed by atoms with E-state index in [4.69, 9.17) is 11.6 Å². The fraction of sp³-hybridized carbons (Fsp3) is 0.167. The van der Waals surface area contributed by atoms with Crippen molar-refractivity contribution in [3.63, 3.8) is 0 Å². The SMILES string of the molecule is CCC(Sc1nc2ccccc2c(=O)[nH]1)C(=O)Nc1cccc(Cl)c1. The van der Waals surface area contributed by atoms with Crippen molar-refractivity contribution in [3.05, 3.63) is 63.9 Å². The third kappa shape index (κ3) is 4.21. The minimum atomic E-state index is -0.386. The van der Waals surface area contributed by atoms with E-state index in [1.165, 1.54) is 11.8 Å². The number of rotatable bonds is 5. The van der Waals surface area contributed by atoms with Gasteiger partial charge >= 0.3 is 0 Å². The number of fused-ring (bicyclic) bond motifs is 1. The van der Waals surface area contributed by atoms with Crippen LogP contribution < -0.4 is 10.9 Å². The van der Waals surface area contributed by atoms with Crippen LogP contribution in [0.15, 0.2) is 58.5 Å². The Morgan fingerprint density at radius 2 is 2.08 bits per heavy atom. The average molecular weight is 374 g/mol. The number of benzene rings is 2. The smallest absolute Gasteiger partial charge is 0.259 e. The van der Waals surface area contributed by atoms with Gasteiger partial charge in [0, 0.05) is 10.7 Å². The number of amides is 1. The van der Waals surface area contributed by atoms with Crippen LogP contribution in [0, 0.1) is 0 Å². The van der Waals surface area contributed by atoms with Crippen molar-refractivity contribution >= 4 is 45.9 Å². The Labute approximate surface area is 153 Å². The monoisotopic (exact) mass is 373 g/mol. The van der Waals surface area contributed by atoms with Crippen molar-refractivity contribution in [1.29, 1.82) is 0 Å². The zero-order valence-electron chi connectivity index (χ0n) is 13.5. The molecule has 0 aliphatic carbocycles. The summed E-state index contributed by atoms with van der Waals surface area (Å²) in [6, 6.07) is 14.1. The van der Waals surface area contributed by atoms with Crippen LogP contribution in [-0.4, -0.2) is 21.1 Å². The molecule has 0 bridgehead atoms. The van der Waals surface area contributed by atoms with Gasteiger partial charge in [0.25, 0.3) is 5.56 Å². The molecule has 1 unspecified atom stereocenters. The maximum Gasteiger partial charge on any atom is 0.259 e. The van der Waals surface area contributed by atoms with E-state index in [9.17, 15) is 9.59 Å². The van der Waals surface area contributed by atoms with E-state index in [2.05, 4.69) is 15.3 Å². The summed E-state index contributed by atoms with van der Waals surface area (Å²) in [5.74, 6) is -0.162. The molecule has 0 saturated carbocycles. The lowest BCUT2D eigenvalue weighted by molar-refractivity contribution is -0.115. The molecule has 0 spiro atoms. The summed E-state index contributed by atoms with van der Waals surface area (Å²) >= 11 is 7.18. The van der Waals surface area contributed by atoms with Crippen molar-refractivity contribution in [2.75, 3.05) is 5.32 Å². The summed E-state index contributed by atoms with van der Waals surface area (Å²) in [7, 11) is 0. The number of H-pyrrole nitrogens is 1. The van der Waals surface area contributed by atoms with Crippen LogP contribution in [0.4, 0.5) is 5.69 Å². The van der Waals surface area contributed by atoms with Crippen molar-refractivity contribution in [1.82, 2.24) is 9.97 Å². The van der Waals surface area contributed by atoms with Crippen LogP contribution in [-0.2, 0) is 4.79 Å². The first-order valence-corrected chi connectivity index (χ1v) is 9.04. The molecular weight excluding hydrogens is 358 g/mol. The number of nitrogens with one attached hydrogen (secondary N) is 2. The fourth-order valence-corrected chi connectivity index (χ4v) is 3.46. The lowest BCUT2D eigenvalue weighted by Crippen LogP contribution is -2.25. The zero-order valence-corrected chi connectivity index (χ0v) is 15.0. The predicted octanol–water partition coefficient (Wildman–Crippen LogP) is 4.09. The number of para-hydroxylation sites is 1. The Balaban J connectivity index is 1.80. The molecule has 0 fully saturated rings. The maximum absolute atomic E-state index is 12.5. The first-order chi connectivity index (χ1) is 12.1. The van der Waals surface area contributed by atoms with Crippen LogP contribution in [0.1, 0.15) is 13.3 Å². The van der Waals surface area contributed by atoms with Gasteiger partial charge in [0.1, 0.15) is 0 Å². The quantitative estimate of drug-likeness (QED) is 0.522. The van der Waals surface area contributed by atoms with Crippen LogP contribution in [0.5, 0.6) is 0 Å². The highest BCUT2D eigenvalue weighted by Gasteiger charge is 2.20. The molecule has 5 nitrogen and oxygen atoms in total. The van der Waals surface area contributed by atoms with Gasteiger partial charge in [0.05, 0.1) is 16.2 Å². The molecule has 2 N–H and O–H groups in total. The number of hydrogen-bond donors (Lipinski definition) is 2. The topological polar surface area (TPSA) is 74.8 Å². The highest BCUT2D eigenvalue weighted by atomic mass is 35.5. The minimum Gasteiger partial charge on any atom is -0.325 e. The Kier molecular flexibility index (Phi) is 5.40. The normalized spacial score (nSPS) is 12.1. The van der Waals surface area contributed by atoms with Crippen LogP contribution in [0.25, 0.3) is 10.9 Å².